The first-order valence-corrected chi connectivity index (χ1v) is 7.28. The number of rotatable bonds is 10. The summed E-state index contributed by atoms with van der Waals surface area (Å²) in [5.74, 6) is -32.8. The van der Waals surface area contributed by atoms with Gasteiger partial charge in [0.2, 0.25) is 0 Å². The zero-order chi connectivity index (χ0) is 23.7. The second-order valence-electron chi connectivity index (χ2n) is 6.08. The van der Waals surface area contributed by atoms with Gasteiger partial charge in [-0.2, -0.15) is 39.5 Å². The molecule has 0 aliphatic carbocycles. The van der Waals surface area contributed by atoms with Gasteiger partial charge in [-0.25, -0.2) is 22.4 Å². The summed E-state index contributed by atoms with van der Waals surface area (Å²) >= 11 is 0. The molecule has 15 heteroatoms. The third-order valence-corrected chi connectivity index (χ3v) is 3.26. The highest BCUT2D eigenvalue weighted by atomic mass is 19.4. The Hall–Kier alpha value is -1.70. The van der Waals surface area contributed by atoms with Gasteiger partial charge < -0.3 is 4.74 Å². The molecule has 172 valence electrons. The molecular weight excluding hydrogens is 447 g/mol. The minimum atomic E-state index is -7.42. The molecular formula is C14H13F13O2. The zero-order valence-corrected chi connectivity index (χ0v) is 14.3. The van der Waals surface area contributed by atoms with Crippen LogP contribution in [0.25, 0.3) is 0 Å². The van der Waals surface area contributed by atoms with Crippen LogP contribution in [0.2, 0.25) is 0 Å². The molecule has 0 unspecified atom stereocenters. The van der Waals surface area contributed by atoms with E-state index in [0.717, 1.165) is 6.92 Å². The molecule has 0 heterocycles. The summed E-state index contributed by atoms with van der Waals surface area (Å²) in [5.41, 5.74) is -0.272. The van der Waals surface area contributed by atoms with Crippen molar-refractivity contribution in [3.63, 3.8) is 0 Å². The summed E-state index contributed by atoms with van der Waals surface area (Å²) in [6, 6.07) is 0. The Morgan fingerprint density at radius 2 is 1.21 bits per heavy atom. The highest BCUT2D eigenvalue weighted by Crippen LogP contribution is 2.56. The van der Waals surface area contributed by atoms with Crippen LogP contribution < -0.4 is 0 Å². The number of carbonyl (C=O) groups excluding carboxylic acids is 1. The summed E-state index contributed by atoms with van der Waals surface area (Å²) in [6.07, 6.45) is -15.6. The predicted octanol–water partition coefficient (Wildman–Crippen LogP) is 6.01. The van der Waals surface area contributed by atoms with Gasteiger partial charge >= 0.3 is 29.9 Å². The van der Waals surface area contributed by atoms with E-state index < -0.39 is 67.6 Å². The molecule has 0 aromatic rings. The van der Waals surface area contributed by atoms with E-state index in [2.05, 4.69) is 11.3 Å². The number of ether oxygens (including phenoxy) is 1. The fourth-order valence-electron chi connectivity index (χ4n) is 1.79. The lowest BCUT2D eigenvalue weighted by molar-refractivity contribution is -0.401. The first-order valence-electron chi connectivity index (χ1n) is 7.28. The molecule has 0 radical (unpaired) electrons. The van der Waals surface area contributed by atoms with Crippen LogP contribution in [0.4, 0.5) is 57.1 Å². The predicted molar refractivity (Wildman–Crippen MR) is 70.4 cm³/mol. The Labute approximate surface area is 154 Å². The van der Waals surface area contributed by atoms with E-state index in [-0.39, 0.29) is 5.57 Å². The van der Waals surface area contributed by atoms with Gasteiger partial charge in [-0.15, -0.1) is 0 Å². The Kier molecular flexibility index (Phi) is 7.72. The fraction of sp³-hybridized carbons (Fsp3) is 0.786. The molecule has 0 saturated carbocycles. The van der Waals surface area contributed by atoms with Gasteiger partial charge in [0.15, 0.2) is 0 Å². The summed E-state index contributed by atoms with van der Waals surface area (Å²) in [6.45, 7) is 2.91. The van der Waals surface area contributed by atoms with Crippen molar-refractivity contribution < 1.29 is 66.6 Å². The maximum Gasteiger partial charge on any atom is 0.460 e. The van der Waals surface area contributed by atoms with Crippen molar-refractivity contribution >= 4 is 5.97 Å². The molecule has 0 aliphatic heterocycles. The SMILES string of the molecule is C=C(C)C(=O)OCCC(F)(F)CC(F)(F)CC(F)(F)C(F)(F)C(F)(F)C(F)(F)F. The number of hydrogen-bond acceptors (Lipinski definition) is 2. The van der Waals surface area contributed by atoms with Crippen LogP contribution >= 0.6 is 0 Å². The molecule has 0 aromatic heterocycles. The van der Waals surface area contributed by atoms with Crippen LogP contribution in [-0.2, 0) is 9.53 Å². The summed E-state index contributed by atoms with van der Waals surface area (Å²) in [4.78, 5) is 10.9. The van der Waals surface area contributed by atoms with Crippen LogP contribution in [0.15, 0.2) is 12.2 Å². The highest BCUT2D eigenvalue weighted by Gasteiger charge is 2.82. The zero-order valence-electron chi connectivity index (χ0n) is 14.3. The Balaban J connectivity index is 5.31. The average Bonchev–Trinajstić information content (AvgIpc) is 2.42. The van der Waals surface area contributed by atoms with Crippen molar-refractivity contribution in [1.82, 2.24) is 0 Å². The molecule has 0 rings (SSSR count). The first kappa shape index (κ1) is 27.3. The molecule has 0 amide bonds. The lowest BCUT2D eigenvalue weighted by Gasteiger charge is -2.35. The van der Waals surface area contributed by atoms with Gasteiger partial charge in [-0.3, -0.25) is 0 Å². The minimum absolute atomic E-state index is 0.272. The van der Waals surface area contributed by atoms with Gasteiger partial charge in [0, 0.05) is 12.0 Å². The summed E-state index contributed by atoms with van der Waals surface area (Å²) < 4.78 is 171. The third-order valence-electron chi connectivity index (χ3n) is 3.26. The lowest BCUT2D eigenvalue weighted by atomic mass is 9.94. The van der Waals surface area contributed by atoms with Crippen molar-refractivity contribution in [3.8, 4) is 0 Å². The van der Waals surface area contributed by atoms with Gasteiger partial charge in [0.1, 0.15) is 0 Å². The Bertz CT molecular complexity index is 607. The molecule has 0 N–H and O–H groups in total. The van der Waals surface area contributed by atoms with E-state index in [0.29, 0.717) is 0 Å². The second kappa shape index (κ2) is 8.20. The topological polar surface area (TPSA) is 26.3 Å². The number of esters is 1. The van der Waals surface area contributed by atoms with E-state index in [1.807, 2.05) is 0 Å². The quantitative estimate of drug-likeness (QED) is 0.227. The molecule has 0 saturated heterocycles. The molecule has 0 fully saturated rings. The van der Waals surface area contributed by atoms with Crippen LogP contribution in [0, 0.1) is 0 Å². The molecule has 2 nitrogen and oxygen atoms in total. The molecule has 0 atom stereocenters. The van der Waals surface area contributed by atoms with Gasteiger partial charge in [-0.1, -0.05) is 6.58 Å². The van der Waals surface area contributed by atoms with Crippen molar-refractivity contribution in [2.75, 3.05) is 6.61 Å². The van der Waals surface area contributed by atoms with Gasteiger partial charge in [0.05, 0.1) is 19.4 Å². The number of alkyl halides is 13. The fourth-order valence-corrected chi connectivity index (χ4v) is 1.79. The average molecular weight is 460 g/mol. The van der Waals surface area contributed by atoms with Crippen LogP contribution in [-0.4, -0.2) is 48.4 Å². The summed E-state index contributed by atoms with van der Waals surface area (Å²) in [7, 11) is 0. The Morgan fingerprint density at radius 3 is 1.59 bits per heavy atom. The molecule has 29 heavy (non-hydrogen) atoms. The van der Waals surface area contributed by atoms with Crippen molar-refractivity contribution in [3.05, 3.63) is 12.2 Å². The van der Waals surface area contributed by atoms with Crippen molar-refractivity contribution in [1.29, 1.82) is 0 Å². The maximum absolute atomic E-state index is 13.4. The van der Waals surface area contributed by atoms with E-state index in [1.54, 1.807) is 0 Å². The van der Waals surface area contributed by atoms with Crippen molar-refractivity contribution in [2.45, 2.75) is 62.0 Å². The highest BCUT2D eigenvalue weighted by molar-refractivity contribution is 5.86. The maximum atomic E-state index is 13.4. The smallest absolute Gasteiger partial charge is 0.460 e. The summed E-state index contributed by atoms with van der Waals surface area (Å²) in [5, 5.41) is 0. The van der Waals surface area contributed by atoms with Crippen molar-refractivity contribution in [2.24, 2.45) is 0 Å². The monoisotopic (exact) mass is 460 g/mol. The Morgan fingerprint density at radius 1 is 0.759 bits per heavy atom. The molecule has 0 aromatic carbocycles. The minimum Gasteiger partial charge on any atom is -0.462 e. The number of halogens is 13. The van der Waals surface area contributed by atoms with Crippen LogP contribution in [0.3, 0.4) is 0 Å². The van der Waals surface area contributed by atoms with Crippen LogP contribution in [0.5, 0.6) is 0 Å². The first-order chi connectivity index (χ1) is 12.5. The van der Waals surface area contributed by atoms with Gasteiger partial charge in [0.25, 0.3) is 11.8 Å². The van der Waals surface area contributed by atoms with E-state index in [4.69, 9.17) is 0 Å². The van der Waals surface area contributed by atoms with E-state index in [1.165, 1.54) is 0 Å². The lowest BCUT2D eigenvalue weighted by Crippen LogP contribution is -2.62. The normalized spacial score (nSPS) is 14.7. The van der Waals surface area contributed by atoms with E-state index in [9.17, 15) is 61.9 Å². The van der Waals surface area contributed by atoms with E-state index >= 15 is 0 Å². The molecule has 0 aliphatic rings. The molecule has 0 spiro atoms. The number of carbonyl (C=O) groups is 1. The van der Waals surface area contributed by atoms with Crippen LogP contribution in [0.1, 0.15) is 26.2 Å². The third kappa shape index (κ3) is 6.66. The second-order valence-corrected chi connectivity index (χ2v) is 6.08. The standard InChI is InChI=1S/C14H13F13O2/c1-7(2)8(28)29-4-3-9(15,16)5-10(17,18)6-11(19,20)12(21,22)13(23,24)14(25,26)27/h1,3-6H2,2H3. The largest absolute Gasteiger partial charge is 0.462 e. The van der Waals surface area contributed by atoms with Gasteiger partial charge in [-0.05, 0) is 6.92 Å². The molecule has 0 bridgehead atoms. The number of hydrogen-bond donors (Lipinski definition) is 0.